The molecule has 1 saturated heterocycles. The maximum absolute atomic E-state index is 11.5. The van der Waals surface area contributed by atoms with Gasteiger partial charge in [-0.15, -0.1) is 0 Å². The van der Waals surface area contributed by atoms with Crippen molar-refractivity contribution in [2.45, 2.75) is 39.2 Å². The van der Waals surface area contributed by atoms with Crippen molar-refractivity contribution in [1.29, 1.82) is 0 Å². The fourth-order valence-corrected chi connectivity index (χ4v) is 3.14. The number of hydrogen-bond donors (Lipinski definition) is 1. The van der Waals surface area contributed by atoms with Gasteiger partial charge >= 0.3 is 5.97 Å². The topological polar surface area (TPSA) is 53.4 Å². The second kappa shape index (κ2) is 6.55. The maximum atomic E-state index is 11.5. The van der Waals surface area contributed by atoms with Crippen molar-refractivity contribution in [2.75, 3.05) is 13.1 Å². The third kappa shape index (κ3) is 3.30. The van der Waals surface area contributed by atoms with Crippen LogP contribution in [0, 0.1) is 5.41 Å². The summed E-state index contributed by atoms with van der Waals surface area (Å²) < 4.78 is 0. The lowest BCUT2D eigenvalue weighted by Gasteiger charge is -2.39. The van der Waals surface area contributed by atoms with Gasteiger partial charge in [0.25, 0.3) is 0 Å². The van der Waals surface area contributed by atoms with Crippen LogP contribution in [-0.2, 0) is 11.3 Å². The average molecular weight is 297 g/mol. The number of likely N-dealkylation sites (tertiary alicyclic amines) is 1. The molecule has 5 heteroatoms. The SMILES string of the molecule is CCCC1(C(=O)O)CCN(Cc2ccncc2Cl)CC1. The number of halogens is 1. The molecule has 2 heterocycles. The number of pyridine rings is 1. The predicted molar refractivity (Wildman–Crippen MR) is 78.7 cm³/mol. The van der Waals surface area contributed by atoms with Crippen molar-refractivity contribution < 1.29 is 9.90 Å². The second-order valence-electron chi connectivity index (χ2n) is 5.58. The highest BCUT2D eigenvalue weighted by molar-refractivity contribution is 6.31. The highest BCUT2D eigenvalue weighted by atomic mass is 35.5. The Morgan fingerprint density at radius 2 is 2.20 bits per heavy atom. The van der Waals surface area contributed by atoms with E-state index in [-0.39, 0.29) is 0 Å². The molecule has 2 rings (SSSR count). The first-order valence-electron chi connectivity index (χ1n) is 7.11. The lowest BCUT2D eigenvalue weighted by molar-refractivity contribution is -0.152. The third-order valence-corrected chi connectivity index (χ3v) is 4.59. The molecule has 0 radical (unpaired) electrons. The van der Waals surface area contributed by atoms with E-state index in [0.717, 1.165) is 50.9 Å². The number of carbonyl (C=O) groups is 1. The Morgan fingerprint density at radius 1 is 1.50 bits per heavy atom. The average Bonchev–Trinajstić information content (AvgIpc) is 2.43. The van der Waals surface area contributed by atoms with Crippen molar-refractivity contribution in [1.82, 2.24) is 9.88 Å². The molecular weight excluding hydrogens is 276 g/mol. The van der Waals surface area contributed by atoms with Crippen LogP contribution in [0.3, 0.4) is 0 Å². The standard InChI is InChI=1S/C15H21ClN2O2/c1-2-4-15(14(19)20)5-8-18(9-6-15)11-12-3-7-17-10-13(12)16/h3,7,10H,2,4-6,8-9,11H2,1H3,(H,19,20). The summed E-state index contributed by atoms with van der Waals surface area (Å²) in [6, 6.07) is 1.92. The maximum Gasteiger partial charge on any atom is 0.309 e. The van der Waals surface area contributed by atoms with Crippen LogP contribution in [-0.4, -0.2) is 34.0 Å². The van der Waals surface area contributed by atoms with Crippen molar-refractivity contribution in [3.8, 4) is 0 Å². The molecule has 0 amide bonds. The van der Waals surface area contributed by atoms with Crippen LogP contribution in [0.25, 0.3) is 0 Å². The molecule has 0 bridgehead atoms. The molecule has 0 aromatic carbocycles. The predicted octanol–water partition coefficient (Wildman–Crippen LogP) is 3.20. The van der Waals surface area contributed by atoms with Gasteiger partial charge in [-0.05, 0) is 44.0 Å². The molecule has 0 saturated carbocycles. The molecular formula is C15H21ClN2O2. The van der Waals surface area contributed by atoms with Gasteiger partial charge in [-0.1, -0.05) is 24.9 Å². The van der Waals surface area contributed by atoms with Crippen molar-refractivity contribution in [3.05, 3.63) is 29.0 Å². The van der Waals surface area contributed by atoms with E-state index in [1.165, 1.54) is 0 Å². The second-order valence-corrected chi connectivity index (χ2v) is 5.99. The first kappa shape index (κ1) is 15.3. The number of aliphatic carboxylic acids is 1. The highest BCUT2D eigenvalue weighted by Gasteiger charge is 2.40. The fourth-order valence-electron chi connectivity index (χ4n) is 2.96. The summed E-state index contributed by atoms with van der Waals surface area (Å²) in [5, 5.41) is 10.2. The zero-order valence-electron chi connectivity index (χ0n) is 11.8. The van der Waals surface area contributed by atoms with Gasteiger partial charge in [-0.3, -0.25) is 14.7 Å². The summed E-state index contributed by atoms with van der Waals surface area (Å²) >= 11 is 6.12. The van der Waals surface area contributed by atoms with Crippen LogP contribution in [0.5, 0.6) is 0 Å². The van der Waals surface area contributed by atoms with Gasteiger partial charge in [0.1, 0.15) is 0 Å². The molecule has 1 aromatic heterocycles. The van der Waals surface area contributed by atoms with E-state index in [0.29, 0.717) is 5.02 Å². The minimum atomic E-state index is -0.638. The highest BCUT2D eigenvalue weighted by Crippen LogP contribution is 2.37. The van der Waals surface area contributed by atoms with Crippen LogP contribution in [0.15, 0.2) is 18.5 Å². The number of rotatable bonds is 5. The van der Waals surface area contributed by atoms with Crippen molar-refractivity contribution in [2.24, 2.45) is 5.41 Å². The van der Waals surface area contributed by atoms with E-state index in [1.54, 1.807) is 12.4 Å². The molecule has 1 N–H and O–H groups in total. The Bertz CT molecular complexity index is 471. The smallest absolute Gasteiger partial charge is 0.309 e. The van der Waals surface area contributed by atoms with Crippen LogP contribution in [0.2, 0.25) is 5.02 Å². The lowest BCUT2D eigenvalue weighted by Crippen LogP contribution is -2.44. The number of carboxylic acids is 1. The molecule has 0 atom stereocenters. The van der Waals surface area contributed by atoms with E-state index in [9.17, 15) is 9.90 Å². The summed E-state index contributed by atoms with van der Waals surface area (Å²) in [4.78, 5) is 17.8. The fraction of sp³-hybridized carbons (Fsp3) is 0.600. The number of nitrogens with zero attached hydrogens (tertiary/aromatic N) is 2. The number of carboxylic acid groups (broad SMARTS) is 1. The van der Waals surface area contributed by atoms with E-state index in [2.05, 4.69) is 9.88 Å². The van der Waals surface area contributed by atoms with Gasteiger partial charge in [0.2, 0.25) is 0 Å². The van der Waals surface area contributed by atoms with Crippen LogP contribution in [0.1, 0.15) is 38.2 Å². The molecule has 0 spiro atoms. The molecule has 110 valence electrons. The van der Waals surface area contributed by atoms with E-state index in [4.69, 9.17) is 11.6 Å². The summed E-state index contributed by atoms with van der Waals surface area (Å²) in [5.41, 5.74) is 0.535. The minimum Gasteiger partial charge on any atom is -0.481 e. The molecule has 1 aromatic rings. The number of piperidine rings is 1. The largest absolute Gasteiger partial charge is 0.481 e. The summed E-state index contributed by atoms with van der Waals surface area (Å²) in [7, 11) is 0. The summed E-state index contributed by atoms with van der Waals surface area (Å²) in [5.74, 6) is -0.638. The van der Waals surface area contributed by atoms with Crippen molar-refractivity contribution >= 4 is 17.6 Å². The molecule has 1 aliphatic heterocycles. The van der Waals surface area contributed by atoms with Gasteiger partial charge in [-0.2, -0.15) is 0 Å². The van der Waals surface area contributed by atoms with Gasteiger partial charge in [0.15, 0.2) is 0 Å². The van der Waals surface area contributed by atoms with Gasteiger partial charge in [-0.25, -0.2) is 0 Å². The van der Waals surface area contributed by atoms with E-state index >= 15 is 0 Å². The van der Waals surface area contributed by atoms with Crippen LogP contribution >= 0.6 is 11.6 Å². The number of aromatic nitrogens is 1. The molecule has 0 unspecified atom stereocenters. The van der Waals surface area contributed by atoms with Gasteiger partial charge < -0.3 is 5.11 Å². The molecule has 20 heavy (non-hydrogen) atoms. The Hall–Kier alpha value is -1.13. The zero-order chi connectivity index (χ0) is 14.6. The van der Waals surface area contributed by atoms with Crippen LogP contribution in [0.4, 0.5) is 0 Å². The molecule has 0 aliphatic carbocycles. The summed E-state index contributed by atoms with van der Waals surface area (Å²) in [6.45, 7) is 4.44. The third-order valence-electron chi connectivity index (χ3n) is 4.25. The van der Waals surface area contributed by atoms with E-state index in [1.807, 2.05) is 13.0 Å². The quantitative estimate of drug-likeness (QED) is 0.906. The molecule has 1 aliphatic rings. The Balaban J connectivity index is 1.97. The van der Waals surface area contributed by atoms with E-state index < -0.39 is 11.4 Å². The first-order valence-corrected chi connectivity index (χ1v) is 7.49. The first-order chi connectivity index (χ1) is 9.57. The Morgan fingerprint density at radius 3 is 2.75 bits per heavy atom. The Kier molecular flexibility index (Phi) is 5.00. The number of hydrogen-bond acceptors (Lipinski definition) is 3. The summed E-state index contributed by atoms with van der Waals surface area (Å²) in [6.07, 6.45) is 6.52. The van der Waals surface area contributed by atoms with Crippen LogP contribution < -0.4 is 0 Å². The van der Waals surface area contributed by atoms with Crippen molar-refractivity contribution in [3.63, 3.8) is 0 Å². The monoisotopic (exact) mass is 296 g/mol. The Labute approximate surface area is 124 Å². The lowest BCUT2D eigenvalue weighted by atomic mass is 9.75. The molecule has 4 nitrogen and oxygen atoms in total. The minimum absolute atomic E-state index is 0.521. The zero-order valence-corrected chi connectivity index (χ0v) is 12.6. The molecule has 1 fully saturated rings. The van der Waals surface area contributed by atoms with Gasteiger partial charge in [0.05, 0.1) is 10.4 Å². The normalized spacial score (nSPS) is 18.9. The van der Waals surface area contributed by atoms with Gasteiger partial charge in [0, 0.05) is 18.9 Å².